The third-order valence-electron chi connectivity index (χ3n) is 7.50. The Morgan fingerprint density at radius 1 is 1.19 bits per heavy atom. The highest BCUT2D eigenvalue weighted by Crippen LogP contribution is 2.36. The van der Waals surface area contributed by atoms with Crippen LogP contribution in [-0.4, -0.2) is 76.0 Å². The van der Waals surface area contributed by atoms with Gasteiger partial charge in [0.15, 0.2) is 0 Å². The third-order valence-corrected chi connectivity index (χ3v) is 7.50. The summed E-state index contributed by atoms with van der Waals surface area (Å²) in [4.78, 5) is 41.7. The number of carbonyl (C=O) groups is 3. The number of nitrogens with zero attached hydrogens (tertiary/aromatic N) is 3. The molecule has 174 valence electrons. The lowest BCUT2D eigenvalue weighted by Gasteiger charge is -2.48. The number of hydrogen-bond donors (Lipinski definition) is 2. The molecule has 1 aromatic rings. The molecular formula is C24H35N5O3. The molecule has 1 aromatic carbocycles. The van der Waals surface area contributed by atoms with E-state index in [2.05, 4.69) is 21.6 Å². The highest BCUT2D eigenvalue weighted by molar-refractivity contribution is 6.02. The van der Waals surface area contributed by atoms with E-state index in [-0.39, 0.29) is 11.8 Å². The average molecular weight is 442 g/mol. The molecule has 3 fully saturated rings. The molecule has 1 atom stereocenters. The number of imide groups is 1. The van der Waals surface area contributed by atoms with Crippen molar-refractivity contribution in [3.8, 4) is 0 Å². The highest BCUT2D eigenvalue weighted by atomic mass is 16.2. The first kappa shape index (κ1) is 22.7. The Morgan fingerprint density at radius 3 is 2.56 bits per heavy atom. The topological polar surface area (TPSA) is 85.0 Å². The van der Waals surface area contributed by atoms with Gasteiger partial charge in [0.25, 0.3) is 0 Å². The van der Waals surface area contributed by atoms with Crippen LogP contribution in [-0.2, 0) is 20.8 Å². The number of rotatable bonds is 8. The molecule has 0 aromatic heterocycles. The predicted octanol–water partition coefficient (Wildman–Crippen LogP) is 1.14. The predicted molar refractivity (Wildman–Crippen MR) is 125 cm³/mol. The van der Waals surface area contributed by atoms with Crippen molar-refractivity contribution in [3.63, 3.8) is 0 Å². The molecule has 1 unspecified atom stereocenters. The molecule has 32 heavy (non-hydrogen) atoms. The van der Waals surface area contributed by atoms with Crippen LogP contribution in [0.3, 0.4) is 0 Å². The van der Waals surface area contributed by atoms with Crippen molar-refractivity contribution in [2.45, 2.75) is 44.6 Å². The number of amides is 3. The van der Waals surface area contributed by atoms with Crippen molar-refractivity contribution in [3.05, 3.63) is 23.8 Å². The molecule has 0 aliphatic carbocycles. The van der Waals surface area contributed by atoms with Crippen molar-refractivity contribution in [1.82, 2.24) is 15.5 Å². The van der Waals surface area contributed by atoms with Crippen LogP contribution in [0.25, 0.3) is 0 Å². The summed E-state index contributed by atoms with van der Waals surface area (Å²) in [6.45, 7) is 5.74. The van der Waals surface area contributed by atoms with Crippen molar-refractivity contribution >= 4 is 29.6 Å². The Kier molecular flexibility index (Phi) is 6.81. The second-order valence-electron chi connectivity index (χ2n) is 9.63. The Balaban J connectivity index is 1.43. The second kappa shape index (κ2) is 9.58. The molecule has 8 nitrogen and oxygen atoms in total. The Hall–Kier alpha value is -2.45. The molecule has 0 bridgehead atoms. The first-order valence-electron chi connectivity index (χ1n) is 11.7. The molecule has 3 aliphatic rings. The van der Waals surface area contributed by atoms with Crippen LogP contribution in [0.2, 0.25) is 0 Å². The quantitative estimate of drug-likeness (QED) is 0.465. The average Bonchev–Trinajstić information content (AvgIpc) is 2.77. The van der Waals surface area contributed by atoms with Gasteiger partial charge in [-0.3, -0.25) is 19.7 Å². The molecule has 4 rings (SSSR count). The normalized spacial score (nSPS) is 22.9. The van der Waals surface area contributed by atoms with Crippen LogP contribution in [0, 0.1) is 5.41 Å². The van der Waals surface area contributed by atoms with E-state index in [0.29, 0.717) is 18.3 Å². The van der Waals surface area contributed by atoms with Gasteiger partial charge in [0.1, 0.15) is 6.04 Å². The van der Waals surface area contributed by atoms with E-state index in [1.807, 2.05) is 24.1 Å². The largest absolute Gasteiger partial charge is 0.361 e. The zero-order chi connectivity index (χ0) is 22.7. The number of carbonyl (C=O) groups excluding carboxylic acids is 3. The van der Waals surface area contributed by atoms with Crippen LogP contribution in [0.1, 0.15) is 37.7 Å². The molecule has 0 saturated carbocycles. The minimum atomic E-state index is -0.427. The van der Waals surface area contributed by atoms with Gasteiger partial charge < -0.3 is 20.0 Å². The molecule has 2 N–H and O–H groups in total. The molecule has 3 amide bonds. The summed E-state index contributed by atoms with van der Waals surface area (Å²) in [7, 11) is 3.62. The standard InChI is InChI=1S/C24H35N5O3/c1-27(17-30)22-18(6-4-12-29-13-10-24(11-14-29)15-25-16-24)5-3-7-19(22)28(2)20-8-9-21(31)26-23(20)32/h3,5,7,17,20,25H,4,6,8-16H2,1-2H3,(H,26,31,32). The number of likely N-dealkylation sites (tertiary alicyclic amines) is 1. The minimum absolute atomic E-state index is 0.226. The van der Waals surface area contributed by atoms with E-state index >= 15 is 0 Å². The highest BCUT2D eigenvalue weighted by Gasteiger charge is 2.39. The van der Waals surface area contributed by atoms with Gasteiger partial charge in [-0.2, -0.15) is 0 Å². The summed E-state index contributed by atoms with van der Waals surface area (Å²) in [5.41, 5.74) is 3.34. The summed E-state index contributed by atoms with van der Waals surface area (Å²) in [5, 5.41) is 5.85. The lowest BCUT2D eigenvalue weighted by atomic mass is 9.73. The van der Waals surface area contributed by atoms with Gasteiger partial charge >= 0.3 is 0 Å². The number of para-hydroxylation sites is 1. The monoisotopic (exact) mass is 441 g/mol. The lowest BCUT2D eigenvalue weighted by Crippen LogP contribution is -2.58. The Labute approximate surface area is 190 Å². The van der Waals surface area contributed by atoms with E-state index in [9.17, 15) is 14.4 Å². The Bertz CT molecular complexity index is 859. The number of piperidine rings is 2. The number of aryl methyl sites for hydroxylation is 1. The fourth-order valence-electron chi connectivity index (χ4n) is 5.32. The molecular weight excluding hydrogens is 406 g/mol. The zero-order valence-corrected chi connectivity index (χ0v) is 19.2. The molecule has 3 aliphatic heterocycles. The van der Waals surface area contributed by atoms with Crippen LogP contribution >= 0.6 is 0 Å². The molecule has 1 spiro atoms. The van der Waals surface area contributed by atoms with Crippen LogP contribution in [0.4, 0.5) is 11.4 Å². The lowest BCUT2D eigenvalue weighted by molar-refractivity contribution is -0.134. The summed E-state index contributed by atoms with van der Waals surface area (Å²) in [6.07, 6.45) is 6.08. The number of anilines is 2. The van der Waals surface area contributed by atoms with Gasteiger partial charge in [-0.1, -0.05) is 12.1 Å². The molecule has 8 heteroatoms. The van der Waals surface area contributed by atoms with Crippen molar-refractivity contribution < 1.29 is 14.4 Å². The number of hydrogen-bond acceptors (Lipinski definition) is 6. The van der Waals surface area contributed by atoms with E-state index in [1.165, 1.54) is 39.0 Å². The van der Waals surface area contributed by atoms with E-state index in [1.54, 1.807) is 11.9 Å². The third kappa shape index (κ3) is 4.66. The summed E-state index contributed by atoms with van der Waals surface area (Å²) >= 11 is 0. The van der Waals surface area contributed by atoms with E-state index in [0.717, 1.165) is 42.7 Å². The summed E-state index contributed by atoms with van der Waals surface area (Å²) in [5.74, 6) is -0.505. The number of nitrogens with one attached hydrogen (secondary N) is 2. The summed E-state index contributed by atoms with van der Waals surface area (Å²) in [6, 6.07) is 5.58. The minimum Gasteiger partial charge on any atom is -0.361 e. The second-order valence-corrected chi connectivity index (χ2v) is 9.63. The first-order chi connectivity index (χ1) is 15.4. The van der Waals surface area contributed by atoms with Crippen LogP contribution < -0.4 is 20.4 Å². The molecule has 0 radical (unpaired) electrons. The summed E-state index contributed by atoms with van der Waals surface area (Å²) < 4.78 is 0. The van der Waals surface area contributed by atoms with Gasteiger partial charge in [-0.25, -0.2) is 0 Å². The van der Waals surface area contributed by atoms with Crippen molar-refractivity contribution in [2.24, 2.45) is 5.41 Å². The maximum Gasteiger partial charge on any atom is 0.249 e. The number of benzene rings is 1. The van der Waals surface area contributed by atoms with Crippen molar-refractivity contribution in [1.29, 1.82) is 0 Å². The molecule has 3 heterocycles. The van der Waals surface area contributed by atoms with Crippen LogP contribution in [0.15, 0.2) is 18.2 Å². The van der Waals surface area contributed by atoms with Crippen molar-refractivity contribution in [2.75, 3.05) is 56.6 Å². The van der Waals surface area contributed by atoms with Gasteiger partial charge in [0.2, 0.25) is 18.2 Å². The first-order valence-corrected chi connectivity index (χ1v) is 11.7. The zero-order valence-electron chi connectivity index (χ0n) is 19.2. The van der Waals surface area contributed by atoms with Crippen LogP contribution in [0.5, 0.6) is 0 Å². The SMILES string of the molecule is CN(C=O)c1c(CCCN2CCC3(CC2)CNC3)cccc1N(C)C1CCC(=O)NC1=O. The van der Waals surface area contributed by atoms with E-state index in [4.69, 9.17) is 0 Å². The van der Waals surface area contributed by atoms with E-state index < -0.39 is 6.04 Å². The fraction of sp³-hybridized carbons (Fsp3) is 0.625. The smallest absolute Gasteiger partial charge is 0.249 e. The number of likely N-dealkylation sites (N-methyl/N-ethyl adjacent to an activating group) is 1. The maximum absolute atomic E-state index is 12.4. The van der Waals surface area contributed by atoms with Gasteiger partial charge in [0, 0.05) is 33.6 Å². The van der Waals surface area contributed by atoms with Gasteiger partial charge in [-0.05, 0) is 68.8 Å². The van der Waals surface area contributed by atoms with Gasteiger partial charge in [0.05, 0.1) is 11.4 Å². The van der Waals surface area contributed by atoms with Gasteiger partial charge in [-0.15, -0.1) is 0 Å². The Morgan fingerprint density at radius 2 is 1.94 bits per heavy atom. The molecule has 3 saturated heterocycles. The maximum atomic E-state index is 12.4. The fourth-order valence-corrected chi connectivity index (χ4v) is 5.32.